The molecule has 1 aliphatic heterocycles. The van der Waals surface area contributed by atoms with Crippen molar-refractivity contribution in [2.24, 2.45) is 0 Å². The second-order valence-corrected chi connectivity index (χ2v) is 4.10. The van der Waals surface area contributed by atoms with Crippen LogP contribution in [0.1, 0.15) is 12.0 Å². The molecule has 1 aliphatic rings. The van der Waals surface area contributed by atoms with Crippen LogP contribution in [0.3, 0.4) is 0 Å². The van der Waals surface area contributed by atoms with Gasteiger partial charge in [-0.25, -0.2) is 13.6 Å². The number of nitrogens with zero attached hydrogens (tertiary/aromatic N) is 1. The number of rotatable bonds is 3. The Labute approximate surface area is 107 Å². The van der Waals surface area contributed by atoms with E-state index in [1.807, 2.05) is 5.32 Å². The number of benzene rings is 1. The Morgan fingerprint density at radius 1 is 1.11 bits per heavy atom. The van der Waals surface area contributed by atoms with Gasteiger partial charge in [-0.3, -0.25) is 19.8 Å². The summed E-state index contributed by atoms with van der Waals surface area (Å²) in [6.45, 7) is -0.0408. The molecule has 0 atom stereocenters. The van der Waals surface area contributed by atoms with E-state index in [-0.39, 0.29) is 13.0 Å². The van der Waals surface area contributed by atoms with Crippen molar-refractivity contribution in [3.05, 3.63) is 35.4 Å². The van der Waals surface area contributed by atoms with E-state index in [1.54, 1.807) is 0 Å². The van der Waals surface area contributed by atoms with Gasteiger partial charge in [-0.05, 0) is 24.1 Å². The number of nitrogens with one attached hydrogen (secondary N) is 1. The van der Waals surface area contributed by atoms with Crippen LogP contribution < -0.4 is 5.32 Å². The predicted octanol–water partition coefficient (Wildman–Crippen LogP) is 0.976. The molecule has 19 heavy (non-hydrogen) atoms. The van der Waals surface area contributed by atoms with Gasteiger partial charge in [0.2, 0.25) is 11.8 Å². The lowest BCUT2D eigenvalue weighted by molar-refractivity contribution is -0.136. The highest BCUT2D eigenvalue weighted by atomic mass is 19.1. The summed E-state index contributed by atoms with van der Waals surface area (Å²) in [5, 5.41) is 2.00. The average molecular weight is 268 g/mol. The highest BCUT2D eigenvalue weighted by Crippen LogP contribution is 2.10. The van der Waals surface area contributed by atoms with Crippen molar-refractivity contribution in [2.75, 3.05) is 6.54 Å². The van der Waals surface area contributed by atoms with Gasteiger partial charge in [0.15, 0.2) is 0 Å². The number of hydrogen-bond donors (Lipinski definition) is 1. The Hall–Kier alpha value is -2.31. The molecule has 2 rings (SSSR count). The van der Waals surface area contributed by atoms with Gasteiger partial charge in [-0.2, -0.15) is 0 Å². The fourth-order valence-corrected chi connectivity index (χ4v) is 1.80. The van der Waals surface area contributed by atoms with Gasteiger partial charge >= 0.3 is 6.03 Å². The van der Waals surface area contributed by atoms with E-state index < -0.39 is 35.9 Å². The van der Waals surface area contributed by atoms with Crippen LogP contribution in [0.5, 0.6) is 0 Å². The average Bonchev–Trinajstić information content (AvgIpc) is 2.25. The third kappa shape index (κ3) is 3.12. The van der Waals surface area contributed by atoms with Gasteiger partial charge in [0.1, 0.15) is 18.1 Å². The van der Waals surface area contributed by atoms with Crippen molar-refractivity contribution < 1.29 is 23.2 Å². The van der Waals surface area contributed by atoms with Gasteiger partial charge in [-0.1, -0.05) is 0 Å². The standard InChI is InChI=1S/C12H10F2N2O3/c13-8-3-7(4-9(14)5-8)1-2-16-11(18)6-10(17)15-12(16)19/h3-5H,1-2,6H2,(H,15,17,19). The van der Waals surface area contributed by atoms with E-state index in [1.165, 1.54) is 0 Å². The Balaban J connectivity index is 2.03. The minimum atomic E-state index is -0.807. The molecule has 4 amide bonds. The first kappa shape index (κ1) is 13.1. The first-order valence-corrected chi connectivity index (χ1v) is 5.55. The fraction of sp³-hybridized carbons (Fsp3) is 0.250. The maximum absolute atomic E-state index is 13.0. The molecule has 5 nitrogen and oxygen atoms in total. The lowest BCUT2D eigenvalue weighted by Gasteiger charge is -2.24. The molecule has 0 saturated carbocycles. The zero-order valence-corrected chi connectivity index (χ0v) is 9.78. The minimum absolute atomic E-state index is 0.0408. The minimum Gasteiger partial charge on any atom is -0.277 e. The van der Waals surface area contributed by atoms with Gasteiger partial charge in [0, 0.05) is 12.6 Å². The molecule has 1 N–H and O–H groups in total. The summed E-state index contributed by atoms with van der Waals surface area (Å²) in [5.74, 6) is -2.71. The molecule has 0 aliphatic carbocycles. The predicted molar refractivity (Wildman–Crippen MR) is 59.9 cm³/mol. The Morgan fingerprint density at radius 3 is 2.32 bits per heavy atom. The van der Waals surface area contributed by atoms with Crippen molar-refractivity contribution in [2.45, 2.75) is 12.8 Å². The molecule has 1 fully saturated rings. The van der Waals surface area contributed by atoms with Crippen LogP contribution in [-0.2, 0) is 16.0 Å². The molecule has 7 heteroatoms. The molecule has 1 heterocycles. The molecular weight excluding hydrogens is 258 g/mol. The van der Waals surface area contributed by atoms with E-state index in [9.17, 15) is 23.2 Å². The van der Waals surface area contributed by atoms with E-state index in [0.717, 1.165) is 23.1 Å². The number of urea groups is 1. The number of hydrogen-bond acceptors (Lipinski definition) is 3. The molecule has 1 aromatic rings. The number of imide groups is 2. The number of carbonyl (C=O) groups excluding carboxylic acids is 3. The van der Waals surface area contributed by atoms with E-state index >= 15 is 0 Å². The summed E-state index contributed by atoms with van der Waals surface area (Å²) in [6.07, 6.45) is -0.286. The molecular formula is C12H10F2N2O3. The van der Waals surface area contributed by atoms with Gasteiger partial charge in [0.25, 0.3) is 0 Å². The van der Waals surface area contributed by atoms with Crippen molar-refractivity contribution in [1.82, 2.24) is 10.2 Å². The normalized spacial score (nSPS) is 15.7. The highest BCUT2D eigenvalue weighted by molar-refractivity contribution is 6.14. The lowest BCUT2D eigenvalue weighted by atomic mass is 10.1. The number of carbonyl (C=O) groups is 3. The summed E-state index contributed by atoms with van der Waals surface area (Å²) < 4.78 is 25.9. The topological polar surface area (TPSA) is 66.5 Å². The largest absolute Gasteiger partial charge is 0.330 e. The van der Waals surface area contributed by atoms with Crippen molar-refractivity contribution in [3.8, 4) is 0 Å². The fourth-order valence-electron chi connectivity index (χ4n) is 1.80. The summed E-state index contributed by atoms with van der Waals surface area (Å²) in [6, 6.07) is 2.18. The van der Waals surface area contributed by atoms with Crippen molar-refractivity contribution in [3.63, 3.8) is 0 Å². The molecule has 1 aromatic carbocycles. The summed E-state index contributed by atoms with van der Waals surface area (Å²) in [5.41, 5.74) is 0.329. The van der Waals surface area contributed by atoms with Crippen LogP contribution in [0, 0.1) is 11.6 Å². The second-order valence-electron chi connectivity index (χ2n) is 4.10. The zero-order valence-electron chi connectivity index (χ0n) is 9.78. The SMILES string of the molecule is O=C1CC(=O)N(CCc2cc(F)cc(F)c2)C(=O)N1. The van der Waals surface area contributed by atoms with E-state index in [4.69, 9.17) is 0 Å². The summed E-state index contributed by atoms with van der Waals surface area (Å²) in [4.78, 5) is 34.6. The quantitative estimate of drug-likeness (QED) is 0.831. The van der Waals surface area contributed by atoms with Gasteiger partial charge in [0.05, 0.1) is 0 Å². The van der Waals surface area contributed by atoms with Crippen molar-refractivity contribution >= 4 is 17.8 Å². The maximum atomic E-state index is 13.0. The monoisotopic (exact) mass is 268 g/mol. The molecule has 1 saturated heterocycles. The van der Waals surface area contributed by atoms with Crippen LogP contribution in [0.2, 0.25) is 0 Å². The molecule has 0 spiro atoms. The Bertz CT molecular complexity index is 520. The van der Waals surface area contributed by atoms with Gasteiger partial charge in [-0.15, -0.1) is 0 Å². The maximum Gasteiger partial charge on any atom is 0.330 e. The first-order valence-electron chi connectivity index (χ1n) is 5.55. The number of barbiturate groups is 1. The van der Waals surface area contributed by atoms with E-state index in [2.05, 4.69) is 0 Å². The van der Waals surface area contributed by atoms with Crippen LogP contribution in [0.4, 0.5) is 13.6 Å². The first-order chi connectivity index (χ1) is 8.95. The van der Waals surface area contributed by atoms with E-state index in [0.29, 0.717) is 5.56 Å². The molecule has 0 bridgehead atoms. The number of amides is 4. The third-order valence-electron chi connectivity index (χ3n) is 2.65. The summed E-state index contributed by atoms with van der Waals surface area (Å²) in [7, 11) is 0. The zero-order chi connectivity index (χ0) is 14.0. The Morgan fingerprint density at radius 2 is 1.74 bits per heavy atom. The lowest BCUT2D eigenvalue weighted by Crippen LogP contribution is -2.53. The molecule has 0 aromatic heterocycles. The Kier molecular flexibility index (Phi) is 3.55. The summed E-state index contributed by atoms with van der Waals surface area (Å²) >= 11 is 0. The van der Waals surface area contributed by atoms with Crippen LogP contribution in [-0.4, -0.2) is 29.3 Å². The molecule has 0 unspecified atom stereocenters. The highest BCUT2D eigenvalue weighted by Gasteiger charge is 2.30. The smallest absolute Gasteiger partial charge is 0.277 e. The number of halogens is 2. The third-order valence-corrected chi connectivity index (χ3v) is 2.65. The van der Waals surface area contributed by atoms with Gasteiger partial charge < -0.3 is 0 Å². The van der Waals surface area contributed by atoms with Crippen LogP contribution in [0.25, 0.3) is 0 Å². The second kappa shape index (κ2) is 5.13. The van der Waals surface area contributed by atoms with Crippen LogP contribution >= 0.6 is 0 Å². The molecule has 0 radical (unpaired) electrons. The van der Waals surface area contributed by atoms with Crippen LogP contribution in [0.15, 0.2) is 18.2 Å². The van der Waals surface area contributed by atoms with Crippen molar-refractivity contribution in [1.29, 1.82) is 0 Å². The molecule has 100 valence electrons.